The van der Waals surface area contributed by atoms with E-state index in [4.69, 9.17) is 4.98 Å². The lowest BCUT2D eigenvalue weighted by Crippen LogP contribution is -2.46. The highest BCUT2D eigenvalue weighted by atomic mass is 16.1. The third kappa shape index (κ3) is 3.44. The van der Waals surface area contributed by atoms with Crippen molar-refractivity contribution in [1.29, 1.82) is 0 Å². The summed E-state index contributed by atoms with van der Waals surface area (Å²) in [6.45, 7) is 6.74. The quantitative estimate of drug-likeness (QED) is 0.782. The van der Waals surface area contributed by atoms with Crippen LogP contribution in [0.1, 0.15) is 45.2 Å². The van der Waals surface area contributed by atoms with Crippen molar-refractivity contribution in [2.24, 2.45) is 0 Å². The van der Waals surface area contributed by atoms with E-state index in [2.05, 4.69) is 41.1 Å². The van der Waals surface area contributed by atoms with Gasteiger partial charge in [-0.05, 0) is 31.7 Å². The molecule has 1 atom stereocenters. The molecular formula is C21H24N4O2. The van der Waals surface area contributed by atoms with Gasteiger partial charge in [0, 0.05) is 32.6 Å². The van der Waals surface area contributed by atoms with Crippen molar-refractivity contribution >= 4 is 18.1 Å². The zero-order valence-electron chi connectivity index (χ0n) is 15.8. The maximum absolute atomic E-state index is 12.8. The first-order valence-electron chi connectivity index (χ1n) is 9.46. The van der Waals surface area contributed by atoms with Crippen LogP contribution in [0.25, 0.3) is 0 Å². The number of carbonyl (C=O) groups excluding carboxylic acids is 2. The number of rotatable bonds is 3. The zero-order chi connectivity index (χ0) is 19.0. The summed E-state index contributed by atoms with van der Waals surface area (Å²) >= 11 is 0. The van der Waals surface area contributed by atoms with Crippen molar-refractivity contribution in [3.05, 3.63) is 52.3 Å². The fourth-order valence-corrected chi connectivity index (χ4v) is 4.00. The Kier molecular flexibility index (Phi) is 4.64. The molecule has 140 valence electrons. The number of aromatic nitrogens is 2. The molecule has 2 aliphatic rings. The Morgan fingerprint density at radius 2 is 1.70 bits per heavy atom. The lowest BCUT2D eigenvalue weighted by molar-refractivity contribution is -0.118. The van der Waals surface area contributed by atoms with Gasteiger partial charge in [0.25, 0.3) is 0 Å². The number of anilines is 1. The normalized spacial score (nSPS) is 19.8. The summed E-state index contributed by atoms with van der Waals surface area (Å²) in [4.78, 5) is 37.0. The van der Waals surface area contributed by atoms with E-state index in [1.807, 2.05) is 6.92 Å². The van der Waals surface area contributed by atoms with Crippen LogP contribution >= 0.6 is 0 Å². The molecule has 27 heavy (non-hydrogen) atoms. The molecule has 2 aromatic rings. The second-order valence-electron chi connectivity index (χ2n) is 7.50. The highest BCUT2D eigenvalue weighted by Gasteiger charge is 2.31. The topological polar surface area (TPSA) is 66.4 Å². The van der Waals surface area contributed by atoms with E-state index in [9.17, 15) is 9.59 Å². The van der Waals surface area contributed by atoms with Crippen LogP contribution in [0.5, 0.6) is 0 Å². The molecule has 0 spiro atoms. The Bertz CT molecular complexity index is 870. The van der Waals surface area contributed by atoms with E-state index < -0.39 is 0 Å². The first-order chi connectivity index (χ1) is 13.0. The zero-order valence-corrected chi connectivity index (χ0v) is 15.8. The average Bonchev–Trinajstić information content (AvgIpc) is 2.68. The summed E-state index contributed by atoms with van der Waals surface area (Å²) in [5, 5.41) is 0. The van der Waals surface area contributed by atoms with Gasteiger partial charge in [-0.15, -0.1) is 0 Å². The highest BCUT2D eigenvalue weighted by molar-refractivity contribution is 5.99. The van der Waals surface area contributed by atoms with Crippen LogP contribution < -0.4 is 4.90 Å². The highest BCUT2D eigenvalue weighted by Crippen LogP contribution is 2.33. The third-order valence-corrected chi connectivity index (χ3v) is 5.60. The summed E-state index contributed by atoms with van der Waals surface area (Å²) in [5.74, 6) is 0.977. The molecule has 6 heteroatoms. The fraction of sp³-hybridized carbons (Fsp3) is 0.429. The minimum absolute atomic E-state index is 0.136. The molecule has 1 aromatic heterocycles. The summed E-state index contributed by atoms with van der Waals surface area (Å²) in [7, 11) is 0. The Labute approximate surface area is 159 Å². The van der Waals surface area contributed by atoms with E-state index in [0.717, 1.165) is 24.2 Å². The standard InChI is InChI=1S/C21H24N4O2/c1-14-3-5-16(6-4-14)17-11-18-20(19(27)12-17)15(2)22-21(23-18)25-9-7-24(13-26)8-10-25/h3-6,13,17H,7-12H2,1-2H3/t17-/m0/s1. The molecule has 0 N–H and O–H groups in total. The lowest BCUT2D eigenvalue weighted by Gasteiger charge is -2.33. The summed E-state index contributed by atoms with van der Waals surface area (Å²) in [6.07, 6.45) is 2.16. The van der Waals surface area contributed by atoms with Crippen molar-refractivity contribution in [3.8, 4) is 0 Å². The summed E-state index contributed by atoms with van der Waals surface area (Å²) in [5.41, 5.74) is 4.74. The van der Waals surface area contributed by atoms with Crippen molar-refractivity contribution in [2.45, 2.75) is 32.6 Å². The van der Waals surface area contributed by atoms with Gasteiger partial charge in [-0.25, -0.2) is 9.97 Å². The van der Waals surface area contributed by atoms with Gasteiger partial charge < -0.3 is 9.80 Å². The molecule has 0 bridgehead atoms. The number of amides is 1. The van der Waals surface area contributed by atoms with Crippen LogP contribution in [0.15, 0.2) is 24.3 Å². The molecule has 4 rings (SSSR count). The van der Waals surface area contributed by atoms with Gasteiger partial charge in [-0.3, -0.25) is 9.59 Å². The van der Waals surface area contributed by atoms with Crippen LogP contribution in [-0.2, 0) is 11.2 Å². The number of aryl methyl sites for hydroxylation is 2. The summed E-state index contributed by atoms with van der Waals surface area (Å²) < 4.78 is 0. The molecule has 0 saturated carbocycles. The maximum Gasteiger partial charge on any atom is 0.225 e. The van der Waals surface area contributed by atoms with Crippen LogP contribution in [0, 0.1) is 13.8 Å². The molecule has 0 radical (unpaired) electrons. The van der Waals surface area contributed by atoms with E-state index in [-0.39, 0.29) is 11.7 Å². The maximum atomic E-state index is 12.8. The van der Waals surface area contributed by atoms with Crippen molar-refractivity contribution < 1.29 is 9.59 Å². The summed E-state index contributed by atoms with van der Waals surface area (Å²) in [6, 6.07) is 8.43. The van der Waals surface area contributed by atoms with Gasteiger partial charge in [0.1, 0.15) is 0 Å². The van der Waals surface area contributed by atoms with Crippen molar-refractivity contribution in [3.63, 3.8) is 0 Å². The molecular weight excluding hydrogens is 340 g/mol. The average molecular weight is 364 g/mol. The van der Waals surface area contributed by atoms with E-state index in [1.54, 1.807) is 4.90 Å². The second kappa shape index (κ2) is 7.10. The van der Waals surface area contributed by atoms with Gasteiger partial charge in [0.2, 0.25) is 12.4 Å². The molecule has 1 amide bonds. The number of carbonyl (C=O) groups is 2. The molecule has 1 aliphatic carbocycles. The molecule has 0 unspecified atom stereocenters. The largest absolute Gasteiger partial charge is 0.342 e. The number of hydrogen-bond acceptors (Lipinski definition) is 5. The molecule has 1 fully saturated rings. The third-order valence-electron chi connectivity index (χ3n) is 5.60. The van der Waals surface area contributed by atoms with Gasteiger partial charge in [-0.1, -0.05) is 29.8 Å². The first kappa shape index (κ1) is 17.6. The smallest absolute Gasteiger partial charge is 0.225 e. The number of benzene rings is 1. The Morgan fingerprint density at radius 3 is 2.37 bits per heavy atom. The van der Waals surface area contributed by atoms with Gasteiger partial charge >= 0.3 is 0 Å². The van der Waals surface area contributed by atoms with Crippen LogP contribution in [0.2, 0.25) is 0 Å². The number of fused-ring (bicyclic) bond motifs is 1. The van der Waals surface area contributed by atoms with Crippen LogP contribution in [0.4, 0.5) is 5.95 Å². The molecule has 2 heterocycles. The molecule has 6 nitrogen and oxygen atoms in total. The van der Waals surface area contributed by atoms with E-state index >= 15 is 0 Å². The van der Waals surface area contributed by atoms with Crippen LogP contribution in [0.3, 0.4) is 0 Å². The predicted octanol–water partition coefficient (Wildman–Crippen LogP) is 2.28. The fourth-order valence-electron chi connectivity index (χ4n) is 4.00. The number of Topliss-reactive ketones (excluding diaryl/α,β-unsaturated/α-hetero) is 1. The lowest BCUT2D eigenvalue weighted by atomic mass is 9.81. The minimum atomic E-state index is 0.136. The van der Waals surface area contributed by atoms with Crippen molar-refractivity contribution in [2.75, 3.05) is 31.1 Å². The van der Waals surface area contributed by atoms with E-state index in [0.29, 0.717) is 44.1 Å². The second-order valence-corrected chi connectivity index (χ2v) is 7.50. The predicted molar refractivity (Wildman–Crippen MR) is 103 cm³/mol. The molecule has 1 saturated heterocycles. The number of ketones is 1. The van der Waals surface area contributed by atoms with Crippen LogP contribution in [-0.4, -0.2) is 53.2 Å². The minimum Gasteiger partial charge on any atom is -0.342 e. The molecule has 1 aliphatic heterocycles. The first-order valence-corrected chi connectivity index (χ1v) is 9.46. The Balaban J connectivity index is 1.62. The van der Waals surface area contributed by atoms with Crippen molar-refractivity contribution in [1.82, 2.24) is 14.9 Å². The van der Waals surface area contributed by atoms with Gasteiger partial charge in [-0.2, -0.15) is 0 Å². The van der Waals surface area contributed by atoms with Gasteiger partial charge in [0.15, 0.2) is 5.78 Å². The number of hydrogen-bond donors (Lipinski definition) is 0. The Hall–Kier alpha value is -2.76. The van der Waals surface area contributed by atoms with E-state index in [1.165, 1.54) is 11.1 Å². The number of piperazine rings is 1. The van der Waals surface area contributed by atoms with Gasteiger partial charge in [0.05, 0.1) is 17.0 Å². The monoisotopic (exact) mass is 364 g/mol. The number of nitrogens with zero attached hydrogens (tertiary/aromatic N) is 4. The molecule has 1 aromatic carbocycles. The Morgan fingerprint density at radius 1 is 1.00 bits per heavy atom. The SMILES string of the molecule is Cc1ccc([C@@H]2CC(=O)c3c(C)nc(N4CCN(C=O)CC4)nc3C2)cc1.